The molecule has 2 fully saturated rings. The molecule has 0 radical (unpaired) electrons. The van der Waals surface area contributed by atoms with Crippen LogP contribution in [-0.2, 0) is 21.3 Å². The Labute approximate surface area is 111 Å². The Morgan fingerprint density at radius 3 is 3.21 bits per heavy atom. The molecule has 19 heavy (non-hydrogen) atoms. The van der Waals surface area contributed by atoms with Crippen molar-refractivity contribution in [3.63, 3.8) is 0 Å². The minimum Gasteiger partial charge on any atom is -0.377 e. The van der Waals surface area contributed by atoms with Crippen LogP contribution in [0.2, 0.25) is 0 Å². The molecule has 3 rings (SSSR count). The van der Waals surface area contributed by atoms with Gasteiger partial charge >= 0.3 is 0 Å². The monoisotopic (exact) mass is 266 g/mol. The zero-order valence-corrected chi connectivity index (χ0v) is 11.0. The summed E-state index contributed by atoms with van der Waals surface area (Å²) in [7, 11) is 1.83. The van der Waals surface area contributed by atoms with Gasteiger partial charge in [0.05, 0.1) is 31.6 Å². The largest absolute Gasteiger partial charge is 0.377 e. The predicted octanol–water partition coefficient (Wildman–Crippen LogP) is -0.858. The molecule has 1 N–H and O–H groups in total. The second-order valence-corrected chi connectivity index (χ2v) is 5.05. The van der Waals surface area contributed by atoms with Crippen molar-refractivity contribution in [1.82, 2.24) is 15.1 Å². The van der Waals surface area contributed by atoms with Crippen LogP contribution < -0.4 is 10.2 Å². The predicted molar refractivity (Wildman–Crippen MR) is 67.9 cm³/mol. The van der Waals surface area contributed by atoms with Crippen molar-refractivity contribution in [3.8, 4) is 0 Å². The highest BCUT2D eigenvalue weighted by Crippen LogP contribution is 2.24. The number of hydrogen-bond donors (Lipinski definition) is 1. The summed E-state index contributed by atoms with van der Waals surface area (Å²) < 4.78 is 13.0. The van der Waals surface area contributed by atoms with E-state index in [1.165, 1.54) is 0 Å². The van der Waals surface area contributed by atoms with Gasteiger partial charge in [0, 0.05) is 26.3 Å². The number of hydrogen-bond acceptors (Lipinski definition) is 5. The average Bonchev–Trinajstić information content (AvgIpc) is 2.71. The van der Waals surface area contributed by atoms with Crippen molar-refractivity contribution >= 4 is 11.6 Å². The van der Waals surface area contributed by atoms with Gasteiger partial charge in [-0.05, 0) is 0 Å². The molecule has 104 valence electrons. The fourth-order valence-corrected chi connectivity index (χ4v) is 2.46. The van der Waals surface area contributed by atoms with Gasteiger partial charge in [-0.25, -0.2) is 0 Å². The third-order valence-electron chi connectivity index (χ3n) is 3.49. The first-order valence-corrected chi connectivity index (χ1v) is 6.40. The second-order valence-electron chi connectivity index (χ2n) is 5.05. The number of amides is 1. The smallest absolute Gasteiger partial charge is 0.253 e. The zero-order chi connectivity index (χ0) is 13.3. The highest BCUT2D eigenvalue weighted by atomic mass is 16.5. The summed E-state index contributed by atoms with van der Waals surface area (Å²) in [4.78, 5) is 13.7. The SMILES string of the molecule is Cn1cc(N2C[C@]3(CNCCOC3)OCC2=O)cn1. The molecule has 3 heterocycles. The Kier molecular flexibility index (Phi) is 3.26. The standard InChI is InChI=1S/C12H18N4O3/c1-15-5-10(4-14-15)16-8-12(19-6-11(16)17)7-13-2-3-18-9-12/h4-5,13H,2-3,6-9H2,1H3/t12-/m0/s1. The molecule has 1 amide bonds. The second kappa shape index (κ2) is 4.92. The molecule has 1 atom stereocenters. The van der Waals surface area contributed by atoms with Gasteiger partial charge in [-0.2, -0.15) is 5.10 Å². The molecule has 1 spiro atoms. The normalized spacial score (nSPS) is 28.7. The molecule has 0 aliphatic carbocycles. The first-order chi connectivity index (χ1) is 9.19. The van der Waals surface area contributed by atoms with E-state index >= 15 is 0 Å². The quantitative estimate of drug-likeness (QED) is 0.716. The molecule has 7 nitrogen and oxygen atoms in total. The van der Waals surface area contributed by atoms with E-state index in [0.717, 1.165) is 12.2 Å². The van der Waals surface area contributed by atoms with Crippen LogP contribution in [0.5, 0.6) is 0 Å². The summed E-state index contributed by atoms with van der Waals surface area (Å²) in [5.41, 5.74) is 0.347. The number of carbonyl (C=O) groups excluding carboxylic acids is 1. The van der Waals surface area contributed by atoms with Gasteiger partial charge in [-0.1, -0.05) is 0 Å². The van der Waals surface area contributed by atoms with Crippen molar-refractivity contribution in [2.75, 3.05) is 44.4 Å². The van der Waals surface area contributed by atoms with Crippen LogP contribution in [0.4, 0.5) is 5.69 Å². The van der Waals surface area contributed by atoms with E-state index in [-0.39, 0.29) is 12.5 Å². The number of nitrogens with one attached hydrogen (secondary N) is 1. The van der Waals surface area contributed by atoms with Gasteiger partial charge in [0.25, 0.3) is 5.91 Å². The summed E-state index contributed by atoms with van der Waals surface area (Å²) in [5, 5.41) is 7.40. The Hall–Kier alpha value is -1.44. The van der Waals surface area contributed by atoms with Crippen LogP contribution in [0, 0.1) is 0 Å². The highest BCUT2D eigenvalue weighted by Gasteiger charge is 2.41. The summed E-state index contributed by atoms with van der Waals surface area (Å²) >= 11 is 0. The lowest BCUT2D eigenvalue weighted by Crippen LogP contribution is -2.60. The van der Waals surface area contributed by atoms with E-state index < -0.39 is 5.60 Å². The van der Waals surface area contributed by atoms with Crippen LogP contribution >= 0.6 is 0 Å². The molecule has 0 unspecified atom stereocenters. The lowest BCUT2D eigenvalue weighted by atomic mass is 10.0. The summed E-state index contributed by atoms with van der Waals surface area (Å²) in [6.07, 6.45) is 3.53. The number of carbonyl (C=O) groups is 1. The van der Waals surface area contributed by atoms with Gasteiger partial charge in [-0.3, -0.25) is 9.48 Å². The molecule has 2 aliphatic rings. The first kappa shape index (κ1) is 12.6. The van der Waals surface area contributed by atoms with Gasteiger partial charge in [0.15, 0.2) is 0 Å². The van der Waals surface area contributed by atoms with E-state index in [9.17, 15) is 4.79 Å². The summed E-state index contributed by atoms with van der Waals surface area (Å²) in [5.74, 6) is -0.0390. The molecule has 1 aromatic heterocycles. The molecule has 0 aromatic carbocycles. The van der Waals surface area contributed by atoms with Crippen molar-refractivity contribution in [2.45, 2.75) is 5.60 Å². The van der Waals surface area contributed by atoms with Crippen LogP contribution in [0.3, 0.4) is 0 Å². The van der Waals surface area contributed by atoms with Crippen molar-refractivity contribution in [3.05, 3.63) is 12.4 Å². The number of morpholine rings is 1. The maximum atomic E-state index is 12.0. The summed E-state index contributed by atoms with van der Waals surface area (Å²) in [6, 6.07) is 0. The zero-order valence-electron chi connectivity index (χ0n) is 11.0. The Morgan fingerprint density at radius 2 is 2.42 bits per heavy atom. The van der Waals surface area contributed by atoms with E-state index in [1.54, 1.807) is 15.8 Å². The number of nitrogens with zero attached hydrogens (tertiary/aromatic N) is 3. The maximum absolute atomic E-state index is 12.0. The van der Waals surface area contributed by atoms with E-state index in [2.05, 4.69) is 10.4 Å². The van der Waals surface area contributed by atoms with Gasteiger partial charge in [-0.15, -0.1) is 0 Å². The lowest BCUT2D eigenvalue weighted by Gasteiger charge is -2.40. The average molecular weight is 266 g/mol. The molecule has 2 aliphatic heterocycles. The minimum absolute atomic E-state index is 0.0390. The number of aryl methyl sites for hydroxylation is 1. The van der Waals surface area contributed by atoms with E-state index in [1.807, 2.05) is 13.2 Å². The fraction of sp³-hybridized carbons (Fsp3) is 0.667. The van der Waals surface area contributed by atoms with Crippen LogP contribution in [-0.4, -0.2) is 60.7 Å². The molecule has 7 heteroatoms. The molecular weight excluding hydrogens is 248 g/mol. The van der Waals surface area contributed by atoms with Crippen LogP contribution in [0.15, 0.2) is 12.4 Å². The molecule has 0 saturated carbocycles. The number of aromatic nitrogens is 2. The third kappa shape index (κ3) is 2.49. The first-order valence-electron chi connectivity index (χ1n) is 6.40. The van der Waals surface area contributed by atoms with Crippen molar-refractivity contribution in [1.29, 1.82) is 0 Å². The third-order valence-corrected chi connectivity index (χ3v) is 3.49. The Morgan fingerprint density at radius 1 is 1.53 bits per heavy atom. The van der Waals surface area contributed by atoms with Gasteiger partial charge in [0.1, 0.15) is 12.2 Å². The van der Waals surface area contributed by atoms with Crippen LogP contribution in [0.1, 0.15) is 0 Å². The van der Waals surface area contributed by atoms with Crippen molar-refractivity contribution in [2.24, 2.45) is 7.05 Å². The van der Waals surface area contributed by atoms with E-state index in [0.29, 0.717) is 26.3 Å². The van der Waals surface area contributed by atoms with Crippen LogP contribution in [0.25, 0.3) is 0 Å². The molecule has 2 saturated heterocycles. The van der Waals surface area contributed by atoms with Gasteiger partial charge < -0.3 is 19.7 Å². The molecular formula is C12H18N4O3. The molecule has 1 aromatic rings. The number of ether oxygens (including phenoxy) is 2. The highest BCUT2D eigenvalue weighted by molar-refractivity contribution is 5.94. The number of anilines is 1. The Bertz CT molecular complexity index is 465. The lowest BCUT2D eigenvalue weighted by molar-refractivity contribution is -0.144. The Balaban J connectivity index is 1.81. The van der Waals surface area contributed by atoms with E-state index in [4.69, 9.17) is 9.47 Å². The minimum atomic E-state index is -0.458. The maximum Gasteiger partial charge on any atom is 0.253 e. The number of rotatable bonds is 1. The summed E-state index contributed by atoms with van der Waals surface area (Å²) in [6.45, 7) is 3.25. The van der Waals surface area contributed by atoms with Gasteiger partial charge in [0.2, 0.25) is 0 Å². The molecule has 0 bridgehead atoms. The van der Waals surface area contributed by atoms with Crippen molar-refractivity contribution < 1.29 is 14.3 Å². The fourth-order valence-electron chi connectivity index (χ4n) is 2.46. The topological polar surface area (TPSA) is 68.6 Å².